The predicted octanol–water partition coefficient (Wildman–Crippen LogP) is 3.62. The molecule has 28 heavy (non-hydrogen) atoms. The fraction of sp³-hybridized carbons (Fsp3) is 0.364. The zero-order valence-corrected chi connectivity index (χ0v) is 15.5. The van der Waals surface area contributed by atoms with Gasteiger partial charge in [0, 0.05) is 26.1 Å². The molecule has 0 bridgehead atoms. The number of carbonyl (C=O) groups excluding carboxylic acids is 2. The van der Waals surface area contributed by atoms with Crippen LogP contribution in [0.1, 0.15) is 35.2 Å². The Kier molecular flexibility index (Phi) is 5.11. The van der Waals surface area contributed by atoms with E-state index in [1.165, 1.54) is 0 Å². The summed E-state index contributed by atoms with van der Waals surface area (Å²) in [5, 5.41) is 0. The average molecular weight is 384 g/mol. The summed E-state index contributed by atoms with van der Waals surface area (Å²) in [5.41, 5.74) is 0.787. The number of likely N-dealkylation sites (tertiary alicyclic amines) is 2. The third kappa shape index (κ3) is 3.63. The van der Waals surface area contributed by atoms with Gasteiger partial charge in [-0.1, -0.05) is 30.3 Å². The molecule has 0 spiro atoms. The smallest absolute Gasteiger partial charge is 0.257 e. The number of halogens is 2. The van der Waals surface area contributed by atoms with Crippen molar-refractivity contribution in [1.82, 2.24) is 9.80 Å². The van der Waals surface area contributed by atoms with Gasteiger partial charge in [-0.05, 0) is 42.5 Å². The van der Waals surface area contributed by atoms with E-state index in [1.54, 1.807) is 4.90 Å². The van der Waals surface area contributed by atoms with Crippen molar-refractivity contribution in [3.8, 4) is 0 Å². The summed E-state index contributed by atoms with van der Waals surface area (Å²) >= 11 is 0. The van der Waals surface area contributed by atoms with Gasteiger partial charge in [-0.2, -0.15) is 0 Å². The minimum atomic E-state index is -0.726. The molecule has 146 valence electrons. The van der Waals surface area contributed by atoms with E-state index in [1.807, 2.05) is 35.2 Å². The molecule has 0 unspecified atom stereocenters. The predicted molar refractivity (Wildman–Crippen MR) is 100 cm³/mol. The second-order valence-electron chi connectivity index (χ2n) is 7.56. The molecule has 2 aromatic rings. The molecule has 2 aliphatic rings. The van der Waals surface area contributed by atoms with Crippen LogP contribution < -0.4 is 0 Å². The van der Waals surface area contributed by atoms with Crippen molar-refractivity contribution < 1.29 is 18.4 Å². The highest BCUT2D eigenvalue weighted by molar-refractivity contribution is 5.94. The van der Waals surface area contributed by atoms with Gasteiger partial charge in [0.05, 0.1) is 11.6 Å². The minimum Gasteiger partial charge on any atom is -0.336 e. The number of amides is 2. The van der Waals surface area contributed by atoms with Gasteiger partial charge in [0.2, 0.25) is 5.91 Å². The highest BCUT2D eigenvalue weighted by Gasteiger charge is 2.42. The third-order valence-electron chi connectivity index (χ3n) is 5.73. The molecule has 0 aliphatic carbocycles. The van der Waals surface area contributed by atoms with Crippen molar-refractivity contribution in [3.63, 3.8) is 0 Å². The maximum atomic E-state index is 14.1. The quantitative estimate of drug-likeness (QED) is 0.811. The molecule has 0 saturated carbocycles. The topological polar surface area (TPSA) is 40.6 Å². The molecular formula is C22H22F2N2O2. The van der Waals surface area contributed by atoms with E-state index in [0.717, 1.165) is 36.6 Å². The minimum absolute atomic E-state index is 0.0857. The number of carbonyl (C=O) groups is 2. The largest absolute Gasteiger partial charge is 0.336 e. The molecule has 0 N–H and O–H groups in total. The van der Waals surface area contributed by atoms with Crippen molar-refractivity contribution in [1.29, 1.82) is 0 Å². The summed E-state index contributed by atoms with van der Waals surface area (Å²) in [4.78, 5) is 29.0. The number of nitrogens with zero attached hydrogens (tertiary/aromatic N) is 2. The Balaban J connectivity index is 1.57. The first kappa shape index (κ1) is 18.6. The van der Waals surface area contributed by atoms with Crippen LogP contribution in [0.3, 0.4) is 0 Å². The first-order valence-corrected chi connectivity index (χ1v) is 9.60. The first-order chi connectivity index (χ1) is 13.5. The number of fused-ring (bicyclic) bond motifs is 1. The molecule has 4 nitrogen and oxygen atoms in total. The Morgan fingerprint density at radius 2 is 1.86 bits per heavy atom. The van der Waals surface area contributed by atoms with Crippen LogP contribution in [0, 0.1) is 17.6 Å². The molecule has 2 saturated heterocycles. The van der Waals surface area contributed by atoms with Crippen LogP contribution in [0.5, 0.6) is 0 Å². The van der Waals surface area contributed by atoms with Gasteiger partial charge in [0.15, 0.2) is 0 Å². The molecule has 0 radical (unpaired) electrons. The fourth-order valence-corrected chi connectivity index (χ4v) is 4.32. The van der Waals surface area contributed by atoms with E-state index in [9.17, 15) is 18.4 Å². The number of hydrogen-bond donors (Lipinski definition) is 0. The summed E-state index contributed by atoms with van der Waals surface area (Å²) in [6.07, 6.45) is 2.13. The lowest BCUT2D eigenvalue weighted by Crippen LogP contribution is -2.43. The molecule has 2 fully saturated rings. The highest BCUT2D eigenvalue weighted by Crippen LogP contribution is 2.32. The van der Waals surface area contributed by atoms with E-state index in [2.05, 4.69) is 0 Å². The van der Waals surface area contributed by atoms with Crippen LogP contribution in [0.2, 0.25) is 0 Å². The normalized spacial score (nSPS) is 22.1. The monoisotopic (exact) mass is 384 g/mol. The van der Waals surface area contributed by atoms with E-state index in [4.69, 9.17) is 0 Å². The lowest BCUT2D eigenvalue weighted by atomic mass is 9.98. The number of rotatable bonds is 3. The fourth-order valence-electron chi connectivity index (χ4n) is 4.32. The molecule has 2 heterocycles. The van der Waals surface area contributed by atoms with Gasteiger partial charge < -0.3 is 9.80 Å². The molecule has 2 aliphatic heterocycles. The van der Waals surface area contributed by atoms with Gasteiger partial charge in [-0.25, -0.2) is 8.78 Å². The van der Waals surface area contributed by atoms with E-state index in [0.29, 0.717) is 26.1 Å². The zero-order valence-electron chi connectivity index (χ0n) is 15.5. The summed E-state index contributed by atoms with van der Waals surface area (Å²) in [6, 6.07) is 12.6. The maximum absolute atomic E-state index is 14.1. The van der Waals surface area contributed by atoms with Crippen LogP contribution in [-0.4, -0.2) is 40.7 Å². The summed E-state index contributed by atoms with van der Waals surface area (Å²) in [5.74, 6) is -1.65. The summed E-state index contributed by atoms with van der Waals surface area (Å²) < 4.78 is 27.6. The standard InChI is InChI=1S/C22H22F2N2O2/c23-17-9-10-19(24)18(11-17)22(28)25-13-16-7-4-8-21(27)26(20(16)14-25)12-15-5-2-1-3-6-15/h1-3,5-6,9-11,16,20H,4,7-8,12-14H2/t16-,20+/m1/s1. The van der Waals surface area contributed by atoms with Crippen molar-refractivity contribution in [2.45, 2.75) is 31.8 Å². The molecule has 4 rings (SSSR count). The highest BCUT2D eigenvalue weighted by atomic mass is 19.1. The summed E-state index contributed by atoms with van der Waals surface area (Å²) in [7, 11) is 0. The average Bonchev–Trinajstić information content (AvgIpc) is 3.06. The van der Waals surface area contributed by atoms with Gasteiger partial charge >= 0.3 is 0 Å². The lowest BCUT2D eigenvalue weighted by Gasteiger charge is -2.30. The van der Waals surface area contributed by atoms with Crippen molar-refractivity contribution in [2.75, 3.05) is 13.1 Å². The molecule has 6 heteroatoms. The van der Waals surface area contributed by atoms with Crippen LogP contribution in [0.4, 0.5) is 8.78 Å². The molecule has 2 atom stereocenters. The van der Waals surface area contributed by atoms with E-state index in [-0.39, 0.29) is 23.4 Å². The molecular weight excluding hydrogens is 362 g/mol. The van der Waals surface area contributed by atoms with Crippen LogP contribution in [0.15, 0.2) is 48.5 Å². The van der Waals surface area contributed by atoms with E-state index >= 15 is 0 Å². The SMILES string of the molecule is O=C(c1cc(F)ccc1F)N1C[C@H]2CCCC(=O)N(Cc3ccccc3)[C@H]2C1. The molecule has 2 amide bonds. The Labute approximate surface area is 162 Å². The van der Waals surface area contributed by atoms with Crippen molar-refractivity contribution >= 4 is 11.8 Å². The Bertz CT molecular complexity index is 887. The molecule has 0 aromatic heterocycles. The van der Waals surface area contributed by atoms with Crippen molar-refractivity contribution in [2.24, 2.45) is 5.92 Å². The van der Waals surface area contributed by atoms with Gasteiger partial charge in [-0.15, -0.1) is 0 Å². The van der Waals surface area contributed by atoms with Gasteiger partial charge in [0.1, 0.15) is 11.6 Å². The second kappa shape index (κ2) is 7.70. The van der Waals surface area contributed by atoms with E-state index < -0.39 is 17.5 Å². The maximum Gasteiger partial charge on any atom is 0.257 e. The third-order valence-corrected chi connectivity index (χ3v) is 5.73. The second-order valence-corrected chi connectivity index (χ2v) is 7.56. The summed E-state index contributed by atoms with van der Waals surface area (Å²) in [6.45, 7) is 1.30. The zero-order chi connectivity index (χ0) is 19.7. The number of benzene rings is 2. The first-order valence-electron chi connectivity index (χ1n) is 9.60. The van der Waals surface area contributed by atoms with Gasteiger partial charge in [0.25, 0.3) is 5.91 Å². The van der Waals surface area contributed by atoms with Gasteiger partial charge in [-0.3, -0.25) is 9.59 Å². The lowest BCUT2D eigenvalue weighted by molar-refractivity contribution is -0.133. The number of hydrogen-bond acceptors (Lipinski definition) is 2. The van der Waals surface area contributed by atoms with Crippen LogP contribution in [-0.2, 0) is 11.3 Å². The molecule has 2 aromatic carbocycles. The Morgan fingerprint density at radius 1 is 1.07 bits per heavy atom. The Hall–Kier alpha value is -2.76. The Morgan fingerprint density at radius 3 is 2.64 bits per heavy atom. The van der Waals surface area contributed by atoms with Crippen LogP contribution in [0.25, 0.3) is 0 Å². The van der Waals surface area contributed by atoms with Crippen LogP contribution >= 0.6 is 0 Å². The van der Waals surface area contributed by atoms with Crippen molar-refractivity contribution in [3.05, 3.63) is 71.3 Å².